The van der Waals surface area contributed by atoms with Crippen LogP contribution in [0.2, 0.25) is 0 Å². The maximum absolute atomic E-state index is 12.3. The summed E-state index contributed by atoms with van der Waals surface area (Å²) in [6.07, 6.45) is 2.63. The molecule has 1 aliphatic carbocycles. The first-order chi connectivity index (χ1) is 10.1. The number of carbonyl (C=O) groups excluding carboxylic acids is 1. The van der Waals surface area contributed by atoms with Crippen molar-refractivity contribution in [3.05, 3.63) is 30.1 Å². The van der Waals surface area contributed by atoms with Gasteiger partial charge in [0.2, 0.25) is 5.91 Å². The molecule has 3 atom stereocenters. The number of nitrogens with zero attached hydrogens (tertiary/aromatic N) is 2. The van der Waals surface area contributed by atoms with Gasteiger partial charge in [-0.15, -0.1) is 0 Å². The molecule has 3 N–H and O–H groups in total. The van der Waals surface area contributed by atoms with Crippen molar-refractivity contribution < 1.29 is 4.79 Å². The molecule has 3 rings (SSSR count). The minimum atomic E-state index is -0.105. The van der Waals surface area contributed by atoms with Crippen LogP contribution in [-0.4, -0.2) is 21.5 Å². The quantitative estimate of drug-likeness (QED) is 0.905. The summed E-state index contributed by atoms with van der Waals surface area (Å²) in [7, 11) is 1.98. The zero-order valence-electron chi connectivity index (χ0n) is 12.5. The van der Waals surface area contributed by atoms with Crippen LogP contribution in [0.25, 0.3) is 11.0 Å². The molecular formula is C16H22N4O. The van der Waals surface area contributed by atoms with Crippen LogP contribution in [0.15, 0.2) is 24.3 Å². The summed E-state index contributed by atoms with van der Waals surface area (Å²) in [6, 6.07) is 8.07. The van der Waals surface area contributed by atoms with Gasteiger partial charge in [0.05, 0.1) is 17.1 Å². The van der Waals surface area contributed by atoms with Crippen molar-refractivity contribution in [1.82, 2.24) is 14.9 Å². The number of imidazole rings is 1. The van der Waals surface area contributed by atoms with E-state index in [4.69, 9.17) is 5.73 Å². The molecule has 5 nitrogen and oxygen atoms in total. The molecule has 1 aliphatic rings. The first-order valence-electron chi connectivity index (χ1n) is 7.53. The van der Waals surface area contributed by atoms with E-state index in [-0.39, 0.29) is 23.9 Å². The third-order valence-corrected chi connectivity index (χ3v) is 4.41. The molecule has 0 saturated heterocycles. The number of benzene rings is 1. The van der Waals surface area contributed by atoms with Gasteiger partial charge in [-0.3, -0.25) is 4.79 Å². The molecular weight excluding hydrogens is 264 g/mol. The van der Waals surface area contributed by atoms with Gasteiger partial charge in [-0.05, 0) is 38.3 Å². The Morgan fingerprint density at radius 2 is 2.19 bits per heavy atom. The number of fused-ring (bicyclic) bond motifs is 1. The predicted molar refractivity (Wildman–Crippen MR) is 82.6 cm³/mol. The number of amides is 1. The Morgan fingerprint density at radius 3 is 2.86 bits per heavy atom. The summed E-state index contributed by atoms with van der Waals surface area (Å²) in [6.45, 7) is 1.98. The third kappa shape index (κ3) is 2.65. The molecule has 1 saturated carbocycles. The largest absolute Gasteiger partial charge is 0.346 e. The van der Waals surface area contributed by atoms with Crippen molar-refractivity contribution in [1.29, 1.82) is 0 Å². The van der Waals surface area contributed by atoms with Crippen molar-refractivity contribution in [3.63, 3.8) is 0 Å². The smallest absolute Gasteiger partial charge is 0.223 e. The second-order valence-electron chi connectivity index (χ2n) is 6.02. The fourth-order valence-electron chi connectivity index (χ4n) is 3.20. The van der Waals surface area contributed by atoms with Crippen molar-refractivity contribution in [3.8, 4) is 0 Å². The van der Waals surface area contributed by atoms with E-state index in [9.17, 15) is 4.79 Å². The highest BCUT2D eigenvalue weighted by Gasteiger charge is 2.29. The first-order valence-corrected chi connectivity index (χ1v) is 7.53. The van der Waals surface area contributed by atoms with Crippen LogP contribution in [0.3, 0.4) is 0 Å². The Kier molecular flexibility index (Phi) is 3.68. The van der Waals surface area contributed by atoms with Gasteiger partial charge in [0.1, 0.15) is 5.82 Å². The predicted octanol–water partition coefficient (Wildman–Crippen LogP) is 1.88. The lowest BCUT2D eigenvalue weighted by Crippen LogP contribution is -2.33. The van der Waals surface area contributed by atoms with Crippen LogP contribution in [0.1, 0.15) is 38.1 Å². The van der Waals surface area contributed by atoms with Crippen LogP contribution in [0, 0.1) is 5.92 Å². The number of para-hydroxylation sites is 2. The van der Waals surface area contributed by atoms with E-state index in [0.29, 0.717) is 0 Å². The van der Waals surface area contributed by atoms with Crippen molar-refractivity contribution in [2.24, 2.45) is 18.7 Å². The number of aromatic nitrogens is 2. The minimum absolute atomic E-state index is 0.0529. The fourth-order valence-corrected chi connectivity index (χ4v) is 3.20. The molecule has 0 aliphatic heterocycles. The molecule has 2 aromatic rings. The Hall–Kier alpha value is -1.88. The van der Waals surface area contributed by atoms with E-state index in [1.165, 1.54) is 0 Å². The van der Waals surface area contributed by atoms with Crippen LogP contribution < -0.4 is 11.1 Å². The summed E-state index contributed by atoms with van der Waals surface area (Å²) in [5, 5.41) is 3.08. The highest BCUT2D eigenvalue weighted by Crippen LogP contribution is 2.25. The summed E-state index contributed by atoms with van der Waals surface area (Å²) in [5.41, 5.74) is 7.92. The highest BCUT2D eigenvalue weighted by molar-refractivity contribution is 5.80. The van der Waals surface area contributed by atoms with Crippen LogP contribution in [0.4, 0.5) is 0 Å². The maximum atomic E-state index is 12.3. The topological polar surface area (TPSA) is 72.9 Å². The van der Waals surface area contributed by atoms with Gasteiger partial charge in [-0.1, -0.05) is 12.1 Å². The van der Waals surface area contributed by atoms with Crippen molar-refractivity contribution in [2.45, 2.75) is 38.3 Å². The van der Waals surface area contributed by atoms with Crippen LogP contribution >= 0.6 is 0 Å². The normalized spacial score (nSPS) is 23.4. The average molecular weight is 286 g/mol. The van der Waals surface area contributed by atoms with E-state index in [2.05, 4.69) is 10.3 Å². The average Bonchev–Trinajstić information content (AvgIpc) is 3.04. The fraction of sp³-hybridized carbons (Fsp3) is 0.500. The highest BCUT2D eigenvalue weighted by atomic mass is 16.2. The Balaban J connectivity index is 1.76. The number of hydrogen-bond acceptors (Lipinski definition) is 3. The molecule has 1 amide bonds. The summed E-state index contributed by atoms with van der Waals surface area (Å²) < 4.78 is 2.04. The first kappa shape index (κ1) is 14.1. The number of hydrogen-bond donors (Lipinski definition) is 2. The summed E-state index contributed by atoms with van der Waals surface area (Å²) in [5.74, 6) is 1.03. The van der Waals surface area contributed by atoms with Crippen LogP contribution in [-0.2, 0) is 11.8 Å². The zero-order chi connectivity index (χ0) is 15.0. The number of nitrogens with one attached hydrogen (secondary N) is 1. The maximum Gasteiger partial charge on any atom is 0.223 e. The second-order valence-corrected chi connectivity index (χ2v) is 6.02. The number of nitrogens with two attached hydrogens (primary N) is 1. The van der Waals surface area contributed by atoms with E-state index < -0.39 is 0 Å². The monoisotopic (exact) mass is 286 g/mol. The lowest BCUT2D eigenvalue weighted by atomic mass is 10.1. The minimum Gasteiger partial charge on any atom is -0.346 e. The molecule has 0 radical (unpaired) electrons. The Bertz CT molecular complexity index is 663. The van der Waals surface area contributed by atoms with Gasteiger partial charge < -0.3 is 15.6 Å². The van der Waals surface area contributed by atoms with Gasteiger partial charge >= 0.3 is 0 Å². The zero-order valence-corrected chi connectivity index (χ0v) is 12.5. The Labute approximate surface area is 124 Å². The van der Waals surface area contributed by atoms with Gasteiger partial charge in [-0.25, -0.2) is 4.98 Å². The lowest BCUT2D eigenvalue weighted by molar-refractivity contribution is -0.125. The molecule has 112 valence electrons. The van der Waals surface area contributed by atoms with Crippen molar-refractivity contribution in [2.75, 3.05) is 0 Å². The van der Waals surface area contributed by atoms with Gasteiger partial charge in [-0.2, -0.15) is 0 Å². The van der Waals surface area contributed by atoms with E-state index in [1.54, 1.807) is 0 Å². The lowest BCUT2D eigenvalue weighted by Gasteiger charge is -2.17. The molecule has 1 fully saturated rings. The molecule has 0 bridgehead atoms. The molecule has 1 aromatic heterocycles. The third-order valence-electron chi connectivity index (χ3n) is 4.41. The molecule has 5 heteroatoms. The second kappa shape index (κ2) is 5.48. The molecule has 21 heavy (non-hydrogen) atoms. The SMILES string of the molecule is CC(NC(=O)C1CCC(N)C1)c1nc2ccccc2n1C. The van der Waals surface area contributed by atoms with Gasteiger partial charge in [0.25, 0.3) is 0 Å². The van der Waals surface area contributed by atoms with E-state index >= 15 is 0 Å². The molecule has 0 spiro atoms. The number of rotatable bonds is 3. The van der Waals surface area contributed by atoms with Gasteiger partial charge in [0.15, 0.2) is 0 Å². The molecule has 1 heterocycles. The molecule has 3 unspecified atom stereocenters. The number of aryl methyl sites for hydroxylation is 1. The Morgan fingerprint density at radius 1 is 1.43 bits per heavy atom. The summed E-state index contributed by atoms with van der Waals surface area (Å²) >= 11 is 0. The van der Waals surface area contributed by atoms with Crippen LogP contribution in [0.5, 0.6) is 0 Å². The van der Waals surface area contributed by atoms with Crippen molar-refractivity contribution >= 4 is 16.9 Å². The number of carbonyl (C=O) groups is 1. The van der Waals surface area contributed by atoms with Gasteiger partial charge in [0, 0.05) is 19.0 Å². The van der Waals surface area contributed by atoms with E-state index in [1.807, 2.05) is 42.8 Å². The van der Waals surface area contributed by atoms with E-state index in [0.717, 1.165) is 36.1 Å². The summed E-state index contributed by atoms with van der Waals surface area (Å²) in [4.78, 5) is 16.9. The standard InChI is InChI=1S/C16H22N4O/c1-10(18-16(21)11-7-8-12(17)9-11)15-19-13-5-3-4-6-14(13)20(15)2/h3-6,10-12H,7-9,17H2,1-2H3,(H,18,21). The molecule has 1 aromatic carbocycles.